The molecule has 1 saturated heterocycles. The highest BCUT2D eigenvalue weighted by Crippen LogP contribution is 2.27. The molecule has 3 aromatic rings. The molecule has 8 nitrogen and oxygen atoms in total. The van der Waals surface area contributed by atoms with E-state index in [1.165, 1.54) is 22.5 Å². The molecule has 140 valence electrons. The van der Waals surface area contributed by atoms with Crippen LogP contribution in [0.15, 0.2) is 58.2 Å². The second-order valence-corrected chi connectivity index (χ2v) is 7.82. The van der Waals surface area contributed by atoms with Crippen molar-refractivity contribution in [2.45, 2.75) is 11.0 Å². The second-order valence-electron chi connectivity index (χ2n) is 5.88. The van der Waals surface area contributed by atoms with E-state index < -0.39 is 21.9 Å². The molecule has 2 aromatic heterocycles. The van der Waals surface area contributed by atoms with Crippen LogP contribution in [-0.2, 0) is 14.8 Å². The number of halogens is 1. The average molecular weight is 390 g/mol. The fourth-order valence-corrected chi connectivity index (χ4v) is 4.20. The van der Waals surface area contributed by atoms with Gasteiger partial charge in [0.25, 0.3) is 5.89 Å². The third-order valence-corrected chi connectivity index (χ3v) is 5.96. The SMILES string of the molecule is O=S(=O)(c1cccc(F)c1)N1CCOC(c2nc(-c3cccnc3)no2)C1. The van der Waals surface area contributed by atoms with E-state index in [1.807, 2.05) is 0 Å². The Kier molecular flexibility index (Phi) is 4.68. The number of aromatic nitrogens is 3. The van der Waals surface area contributed by atoms with Crippen LogP contribution in [0, 0.1) is 5.82 Å². The minimum absolute atomic E-state index is 0.00643. The van der Waals surface area contributed by atoms with Gasteiger partial charge >= 0.3 is 0 Å². The van der Waals surface area contributed by atoms with Crippen LogP contribution in [0.1, 0.15) is 12.0 Å². The first kappa shape index (κ1) is 17.7. The summed E-state index contributed by atoms with van der Waals surface area (Å²) in [6.45, 7) is 0.302. The first-order chi connectivity index (χ1) is 13.0. The number of morpholine rings is 1. The number of sulfonamides is 1. The minimum Gasteiger partial charge on any atom is -0.366 e. The van der Waals surface area contributed by atoms with Crippen molar-refractivity contribution >= 4 is 10.0 Å². The summed E-state index contributed by atoms with van der Waals surface area (Å²) >= 11 is 0. The summed E-state index contributed by atoms with van der Waals surface area (Å²) in [6.07, 6.45) is 2.51. The molecule has 1 fully saturated rings. The van der Waals surface area contributed by atoms with Crippen LogP contribution in [0.2, 0.25) is 0 Å². The average Bonchev–Trinajstić information content (AvgIpc) is 3.19. The van der Waals surface area contributed by atoms with Crippen molar-refractivity contribution in [3.05, 3.63) is 60.5 Å². The number of hydrogen-bond acceptors (Lipinski definition) is 7. The van der Waals surface area contributed by atoms with Gasteiger partial charge in [-0.1, -0.05) is 11.2 Å². The van der Waals surface area contributed by atoms with Gasteiger partial charge in [0.2, 0.25) is 15.8 Å². The molecule has 0 spiro atoms. The predicted octanol–water partition coefficient (Wildman–Crippen LogP) is 2.03. The van der Waals surface area contributed by atoms with Crippen LogP contribution in [0.3, 0.4) is 0 Å². The third-order valence-electron chi connectivity index (χ3n) is 4.10. The zero-order valence-electron chi connectivity index (χ0n) is 14.0. The van der Waals surface area contributed by atoms with E-state index in [9.17, 15) is 12.8 Å². The van der Waals surface area contributed by atoms with Gasteiger partial charge in [-0.2, -0.15) is 9.29 Å². The molecule has 27 heavy (non-hydrogen) atoms. The minimum atomic E-state index is -3.86. The van der Waals surface area contributed by atoms with Crippen molar-refractivity contribution in [1.29, 1.82) is 0 Å². The Morgan fingerprint density at radius 2 is 2.11 bits per heavy atom. The summed E-state index contributed by atoms with van der Waals surface area (Å²) < 4.78 is 51.0. The maximum Gasteiger partial charge on any atom is 0.257 e. The highest BCUT2D eigenvalue weighted by atomic mass is 32.2. The van der Waals surface area contributed by atoms with Gasteiger partial charge in [0, 0.05) is 31.0 Å². The largest absolute Gasteiger partial charge is 0.366 e. The lowest BCUT2D eigenvalue weighted by Crippen LogP contribution is -2.42. The van der Waals surface area contributed by atoms with Crippen LogP contribution < -0.4 is 0 Å². The second kappa shape index (κ2) is 7.14. The molecule has 1 unspecified atom stereocenters. The van der Waals surface area contributed by atoms with E-state index in [0.29, 0.717) is 11.4 Å². The monoisotopic (exact) mass is 390 g/mol. The van der Waals surface area contributed by atoms with Crippen molar-refractivity contribution in [2.75, 3.05) is 19.7 Å². The van der Waals surface area contributed by atoms with Crippen LogP contribution >= 0.6 is 0 Å². The quantitative estimate of drug-likeness (QED) is 0.672. The molecule has 1 atom stereocenters. The van der Waals surface area contributed by atoms with Crippen molar-refractivity contribution in [3.8, 4) is 11.4 Å². The molecule has 3 heterocycles. The maximum atomic E-state index is 13.4. The van der Waals surface area contributed by atoms with Gasteiger partial charge in [-0.25, -0.2) is 12.8 Å². The lowest BCUT2D eigenvalue weighted by molar-refractivity contribution is -0.0199. The molecule has 0 radical (unpaired) electrons. The van der Waals surface area contributed by atoms with Crippen molar-refractivity contribution in [2.24, 2.45) is 0 Å². The van der Waals surface area contributed by atoms with E-state index >= 15 is 0 Å². The van der Waals surface area contributed by atoms with Gasteiger partial charge < -0.3 is 9.26 Å². The first-order valence-corrected chi connectivity index (χ1v) is 9.59. The smallest absolute Gasteiger partial charge is 0.257 e. The fraction of sp³-hybridized carbons (Fsp3) is 0.235. The number of ether oxygens (including phenoxy) is 1. The van der Waals surface area contributed by atoms with Gasteiger partial charge in [-0.3, -0.25) is 4.98 Å². The third kappa shape index (κ3) is 3.59. The molecule has 1 aliphatic rings. The number of rotatable bonds is 4. The van der Waals surface area contributed by atoms with Crippen molar-refractivity contribution in [3.63, 3.8) is 0 Å². The van der Waals surface area contributed by atoms with Crippen LogP contribution in [0.5, 0.6) is 0 Å². The molecule has 0 N–H and O–H groups in total. The van der Waals surface area contributed by atoms with Gasteiger partial charge in [-0.15, -0.1) is 0 Å². The summed E-state index contributed by atoms with van der Waals surface area (Å²) in [5, 5.41) is 3.89. The van der Waals surface area contributed by atoms with Crippen molar-refractivity contribution in [1.82, 2.24) is 19.4 Å². The zero-order valence-corrected chi connectivity index (χ0v) is 14.8. The Hall–Kier alpha value is -2.69. The fourth-order valence-electron chi connectivity index (χ4n) is 2.75. The summed E-state index contributed by atoms with van der Waals surface area (Å²) in [5.41, 5.74) is 0.674. The summed E-state index contributed by atoms with van der Waals surface area (Å²) in [6, 6.07) is 8.43. The Balaban J connectivity index is 1.56. The Morgan fingerprint density at radius 1 is 1.22 bits per heavy atom. The normalized spacial score (nSPS) is 18.5. The molecule has 0 bridgehead atoms. The highest BCUT2D eigenvalue weighted by molar-refractivity contribution is 7.89. The molecule has 0 aliphatic carbocycles. The first-order valence-electron chi connectivity index (χ1n) is 8.15. The lowest BCUT2D eigenvalue weighted by Gasteiger charge is -2.30. The number of nitrogens with zero attached hydrogens (tertiary/aromatic N) is 4. The molecule has 0 saturated carbocycles. The van der Waals surface area contributed by atoms with Crippen LogP contribution in [-0.4, -0.2) is 47.5 Å². The summed E-state index contributed by atoms with van der Waals surface area (Å²) in [5.74, 6) is -0.0984. The predicted molar refractivity (Wildman–Crippen MR) is 91.4 cm³/mol. The highest BCUT2D eigenvalue weighted by Gasteiger charge is 2.34. The Labute approximate surface area is 154 Å². The molecular formula is C17H15FN4O4S. The van der Waals surface area contributed by atoms with E-state index in [0.717, 1.165) is 6.07 Å². The van der Waals surface area contributed by atoms with E-state index in [4.69, 9.17) is 9.26 Å². The van der Waals surface area contributed by atoms with Gasteiger partial charge in [0.05, 0.1) is 11.5 Å². The number of pyridine rings is 1. The Morgan fingerprint density at radius 3 is 2.89 bits per heavy atom. The van der Waals surface area contributed by atoms with Gasteiger partial charge in [-0.05, 0) is 30.3 Å². The number of hydrogen-bond donors (Lipinski definition) is 0. The maximum absolute atomic E-state index is 13.4. The topological polar surface area (TPSA) is 98.4 Å². The molecule has 1 aliphatic heterocycles. The lowest BCUT2D eigenvalue weighted by atomic mass is 10.2. The summed E-state index contributed by atoms with van der Waals surface area (Å²) in [7, 11) is -3.86. The van der Waals surface area contributed by atoms with Gasteiger partial charge in [0.1, 0.15) is 5.82 Å². The molecule has 4 rings (SSSR count). The molecule has 1 aromatic carbocycles. The molecular weight excluding hydrogens is 375 g/mol. The molecule has 10 heteroatoms. The molecule has 0 amide bonds. The Bertz CT molecular complexity index is 1040. The zero-order chi connectivity index (χ0) is 18.9. The summed E-state index contributed by atoms with van der Waals surface area (Å²) in [4.78, 5) is 8.17. The van der Waals surface area contributed by atoms with Crippen molar-refractivity contribution < 1.29 is 22.1 Å². The van der Waals surface area contributed by atoms with E-state index in [2.05, 4.69) is 15.1 Å². The van der Waals surface area contributed by atoms with Gasteiger partial charge in [0.15, 0.2) is 6.10 Å². The standard InChI is InChI=1S/C17H15FN4O4S/c18-13-4-1-5-14(9-13)27(23,24)22-7-8-25-15(11-22)17-20-16(21-26-17)12-3-2-6-19-10-12/h1-6,9-10,15H,7-8,11H2. The van der Waals surface area contributed by atoms with E-state index in [-0.39, 0.29) is 30.5 Å². The van der Waals surface area contributed by atoms with Crippen LogP contribution in [0.4, 0.5) is 4.39 Å². The number of benzene rings is 1. The van der Waals surface area contributed by atoms with Crippen LogP contribution in [0.25, 0.3) is 11.4 Å². The van der Waals surface area contributed by atoms with E-state index in [1.54, 1.807) is 24.5 Å².